The minimum Gasteiger partial charge on any atom is -0.493 e. The van der Waals surface area contributed by atoms with E-state index in [2.05, 4.69) is 0 Å². The maximum Gasteiger partial charge on any atom is 0.226 e. The Balaban J connectivity index is 1.49. The molecule has 0 N–H and O–H groups in total. The number of ether oxygens (including phenoxy) is 2. The van der Waals surface area contributed by atoms with Crippen LogP contribution >= 0.6 is 0 Å². The van der Waals surface area contributed by atoms with Gasteiger partial charge in [-0.25, -0.2) is 8.78 Å². The molecule has 0 bridgehead atoms. The topological polar surface area (TPSA) is 38.8 Å². The molecule has 3 rings (SSSR count). The monoisotopic (exact) mass is 347 g/mol. The number of morpholine rings is 1. The molecule has 1 heterocycles. The first-order valence-electron chi connectivity index (χ1n) is 8.15. The van der Waals surface area contributed by atoms with Gasteiger partial charge in [-0.05, 0) is 42.0 Å². The number of rotatable bonds is 5. The van der Waals surface area contributed by atoms with Crippen LogP contribution in [0.3, 0.4) is 0 Å². The summed E-state index contributed by atoms with van der Waals surface area (Å²) in [7, 11) is 0. The van der Waals surface area contributed by atoms with Crippen LogP contribution in [-0.2, 0) is 9.53 Å². The normalized spacial score (nSPS) is 17.4. The molecule has 0 aromatic heterocycles. The molecular formula is C19H19F2NO3. The number of hydrogen-bond acceptors (Lipinski definition) is 3. The number of hydrogen-bond donors (Lipinski definition) is 0. The second-order valence-electron chi connectivity index (χ2n) is 5.80. The lowest BCUT2D eigenvalue weighted by Crippen LogP contribution is -2.42. The maximum atomic E-state index is 13.0. The van der Waals surface area contributed by atoms with Crippen molar-refractivity contribution in [2.45, 2.75) is 12.5 Å². The zero-order valence-corrected chi connectivity index (χ0v) is 13.7. The zero-order valence-electron chi connectivity index (χ0n) is 13.7. The van der Waals surface area contributed by atoms with Crippen molar-refractivity contribution >= 4 is 5.91 Å². The highest BCUT2D eigenvalue weighted by Crippen LogP contribution is 2.23. The molecule has 0 aliphatic carbocycles. The van der Waals surface area contributed by atoms with Gasteiger partial charge in [-0.2, -0.15) is 0 Å². The molecule has 4 nitrogen and oxygen atoms in total. The molecule has 1 fully saturated rings. The molecule has 0 saturated carbocycles. The van der Waals surface area contributed by atoms with Gasteiger partial charge in [0.1, 0.15) is 23.5 Å². The maximum absolute atomic E-state index is 13.0. The van der Waals surface area contributed by atoms with Gasteiger partial charge < -0.3 is 14.4 Å². The number of carbonyl (C=O) groups is 1. The van der Waals surface area contributed by atoms with Crippen LogP contribution in [0.5, 0.6) is 5.75 Å². The fraction of sp³-hybridized carbons (Fsp3) is 0.316. The lowest BCUT2D eigenvalue weighted by Gasteiger charge is -2.33. The van der Waals surface area contributed by atoms with Crippen LogP contribution in [0.4, 0.5) is 8.78 Å². The van der Waals surface area contributed by atoms with E-state index in [4.69, 9.17) is 9.47 Å². The zero-order chi connectivity index (χ0) is 17.6. The van der Waals surface area contributed by atoms with Gasteiger partial charge in [-0.15, -0.1) is 0 Å². The summed E-state index contributed by atoms with van der Waals surface area (Å²) in [5.74, 6) is -0.132. The molecule has 0 radical (unpaired) electrons. The third kappa shape index (κ3) is 4.76. The van der Waals surface area contributed by atoms with E-state index < -0.39 is 0 Å². The van der Waals surface area contributed by atoms with Crippen LogP contribution in [0.1, 0.15) is 18.1 Å². The van der Waals surface area contributed by atoms with E-state index in [0.29, 0.717) is 25.4 Å². The molecule has 1 unspecified atom stereocenters. The Morgan fingerprint density at radius 1 is 1.08 bits per heavy atom. The largest absolute Gasteiger partial charge is 0.493 e. The molecule has 132 valence electrons. The number of carbonyl (C=O) groups excluding carboxylic acids is 1. The summed E-state index contributed by atoms with van der Waals surface area (Å²) >= 11 is 0. The van der Waals surface area contributed by atoms with E-state index in [1.807, 2.05) is 0 Å². The summed E-state index contributed by atoms with van der Waals surface area (Å²) < 4.78 is 37.0. The van der Waals surface area contributed by atoms with Crippen molar-refractivity contribution in [1.29, 1.82) is 0 Å². The molecule has 1 saturated heterocycles. The Labute approximate surface area is 145 Å². The van der Waals surface area contributed by atoms with Crippen LogP contribution in [0.25, 0.3) is 0 Å². The van der Waals surface area contributed by atoms with Crippen molar-refractivity contribution in [2.75, 3.05) is 26.3 Å². The van der Waals surface area contributed by atoms with Crippen LogP contribution < -0.4 is 4.74 Å². The van der Waals surface area contributed by atoms with Crippen molar-refractivity contribution in [3.05, 3.63) is 65.7 Å². The van der Waals surface area contributed by atoms with E-state index in [1.165, 1.54) is 36.4 Å². The van der Waals surface area contributed by atoms with E-state index >= 15 is 0 Å². The van der Waals surface area contributed by atoms with Gasteiger partial charge in [0.2, 0.25) is 5.91 Å². The van der Waals surface area contributed by atoms with Crippen LogP contribution in [0.2, 0.25) is 0 Å². The highest BCUT2D eigenvalue weighted by atomic mass is 19.1. The van der Waals surface area contributed by atoms with Crippen LogP contribution in [-0.4, -0.2) is 37.1 Å². The molecular weight excluding hydrogens is 328 g/mol. The predicted octanol–water partition coefficient (Wildman–Crippen LogP) is 3.33. The van der Waals surface area contributed by atoms with Crippen molar-refractivity contribution in [3.8, 4) is 5.75 Å². The molecule has 25 heavy (non-hydrogen) atoms. The lowest BCUT2D eigenvalue weighted by molar-refractivity contribution is -0.139. The Kier molecular flexibility index (Phi) is 5.60. The number of amides is 1. The van der Waals surface area contributed by atoms with Gasteiger partial charge in [0.25, 0.3) is 0 Å². The van der Waals surface area contributed by atoms with Crippen molar-refractivity contribution < 1.29 is 23.0 Å². The van der Waals surface area contributed by atoms with Gasteiger partial charge in [-0.1, -0.05) is 12.1 Å². The minimum absolute atomic E-state index is 0.0301. The smallest absolute Gasteiger partial charge is 0.226 e. The molecule has 1 aliphatic heterocycles. The summed E-state index contributed by atoms with van der Waals surface area (Å²) in [6.45, 7) is 1.61. The standard InChI is InChI=1S/C19H19F2NO3/c20-15-3-1-14(2-4-15)18-13-22(10-12-25-18)19(23)9-11-24-17-7-5-16(21)6-8-17/h1-8,18H,9-13H2. The molecule has 1 atom stereocenters. The third-order valence-corrected chi connectivity index (χ3v) is 4.06. The summed E-state index contributed by atoms with van der Waals surface area (Å²) in [6.07, 6.45) is -0.0237. The first kappa shape index (κ1) is 17.4. The highest BCUT2D eigenvalue weighted by Gasteiger charge is 2.25. The van der Waals surface area contributed by atoms with Crippen molar-refractivity contribution in [1.82, 2.24) is 4.90 Å². The van der Waals surface area contributed by atoms with Gasteiger partial charge in [-0.3, -0.25) is 4.79 Å². The van der Waals surface area contributed by atoms with Crippen LogP contribution in [0.15, 0.2) is 48.5 Å². The molecule has 0 spiro atoms. The lowest BCUT2D eigenvalue weighted by atomic mass is 10.1. The van der Waals surface area contributed by atoms with Crippen LogP contribution in [0, 0.1) is 11.6 Å². The second kappa shape index (κ2) is 8.07. The van der Waals surface area contributed by atoms with Gasteiger partial charge in [0, 0.05) is 6.54 Å². The fourth-order valence-electron chi connectivity index (χ4n) is 2.70. The number of benzene rings is 2. The summed E-state index contributed by atoms with van der Waals surface area (Å²) in [5, 5.41) is 0. The Morgan fingerprint density at radius 2 is 1.72 bits per heavy atom. The summed E-state index contributed by atoms with van der Waals surface area (Å²) in [6, 6.07) is 11.8. The highest BCUT2D eigenvalue weighted by molar-refractivity contribution is 5.76. The summed E-state index contributed by atoms with van der Waals surface area (Å²) in [5.41, 5.74) is 0.849. The predicted molar refractivity (Wildman–Crippen MR) is 88.2 cm³/mol. The number of nitrogens with zero attached hydrogens (tertiary/aromatic N) is 1. The fourth-order valence-corrected chi connectivity index (χ4v) is 2.70. The minimum atomic E-state index is -0.330. The Bertz CT molecular complexity index is 704. The SMILES string of the molecule is O=C(CCOc1ccc(F)cc1)N1CCOC(c2ccc(F)cc2)C1. The average Bonchev–Trinajstić information content (AvgIpc) is 2.64. The molecule has 6 heteroatoms. The molecule has 2 aromatic carbocycles. The van der Waals surface area contributed by atoms with Gasteiger partial charge in [0.05, 0.1) is 26.2 Å². The second-order valence-corrected chi connectivity index (χ2v) is 5.80. The van der Waals surface area contributed by atoms with Crippen molar-refractivity contribution in [2.24, 2.45) is 0 Å². The van der Waals surface area contributed by atoms with Gasteiger partial charge >= 0.3 is 0 Å². The van der Waals surface area contributed by atoms with E-state index in [1.54, 1.807) is 17.0 Å². The first-order chi connectivity index (χ1) is 12.1. The van der Waals surface area contributed by atoms with Crippen molar-refractivity contribution in [3.63, 3.8) is 0 Å². The summed E-state index contributed by atoms with van der Waals surface area (Å²) in [4.78, 5) is 14.1. The first-order valence-corrected chi connectivity index (χ1v) is 8.15. The average molecular weight is 347 g/mol. The molecule has 2 aromatic rings. The molecule has 1 amide bonds. The quantitative estimate of drug-likeness (QED) is 0.833. The van der Waals surface area contributed by atoms with E-state index in [-0.39, 0.29) is 36.7 Å². The van der Waals surface area contributed by atoms with E-state index in [9.17, 15) is 13.6 Å². The Morgan fingerprint density at radius 3 is 2.40 bits per heavy atom. The third-order valence-electron chi connectivity index (χ3n) is 4.06. The molecule has 1 aliphatic rings. The number of halogens is 2. The van der Waals surface area contributed by atoms with Gasteiger partial charge in [0.15, 0.2) is 0 Å². The van der Waals surface area contributed by atoms with E-state index in [0.717, 1.165) is 5.56 Å². The Hall–Kier alpha value is -2.47.